The third-order valence-electron chi connectivity index (χ3n) is 6.06. The van der Waals surface area contributed by atoms with E-state index in [0.29, 0.717) is 22.6 Å². The van der Waals surface area contributed by atoms with Crippen LogP contribution in [0.2, 0.25) is 0 Å². The van der Waals surface area contributed by atoms with Crippen molar-refractivity contribution in [3.63, 3.8) is 0 Å². The number of furan rings is 1. The summed E-state index contributed by atoms with van der Waals surface area (Å²) in [5, 5.41) is 1.93. The minimum atomic E-state index is -1.51. The van der Waals surface area contributed by atoms with E-state index in [0.717, 1.165) is 22.0 Å². The lowest BCUT2D eigenvalue weighted by molar-refractivity contribution is 0.411. The number of rotatable bonds is 4. The number of hydrogen-bond donors (Lipinski definition) is 0. The molecule has 0 N–H and O–H groups in total. The van der Waals surface area contributed by atoms with Crippen LogP contribution in [0.25, 0.3) is 33.3 Å². The van der Waals surface area contributed by atoms with Crippen molar-refractivity contribution in [2.75, 3.05) is 0 Å². The molecule has 3 heterocycles. The first-order chi connectivity index (χ1) is 16.5. The Hall–Kier alpha value is -3.46. The smallest absolute Gasteiger partial charge is 0.227 e. The molecule has 0 bridgehead atoms. The van der Waals surface area contributed by atoms with Crippen LogP contribution in [-0.2, 0) is 11.8 Å². The highest BCUT2D eigenvalue weighted by molar-refractivity contribution is 6.08. The molecule has 0 unspecified atom stereocenters. The molecule has 0 spiro atoms. The Morgan fingerprint density at radius 2 is 1.64 bits per heavy atom. The van der Waals surface area contributed by atoms with Gasteiger partial charge in [-0.1, -0.05) is 77.1 Å². The molecule has 0 amide bonds. The summed E-state index contributed by atoms with van der Waals surface area (Å²) in [6.45, 7) is 10.1. The molecular weight excluding hydrogens is 404 g/mol. The Morgan fingerprint density at radius 1 is 0.848 bits per heavy atom. The van der Waals surface area contributed by atoms with Crippen LogP contribution < -0.4 is 0 Å². The normalized spacial score (nSPS) is 13.8. The second kappa shape index (κ2) is 7.84. The van der Waals surface area contributed by atoms with E-state index in [9.17, 15) is 0 Å². The first-order valence-electron chi connectivity index (χ1n) is 12.4. The first kappa shape index (κ1) is 19.0. The summed E-state index contributed by atoms with van der Waals surface area (Å²) in [5.41, 5.74) is 4.73. The van der Waals surface area contributed by atoms with Gasteiger partial charge < -0.3 is 4.42 Å². The second-order valence-corrected chi connectivity index (χ2v) is 10.1. The predicted molar refractivity (Wildman–Crippen MR) is 136 cm³/mol. The van der Waals surface area contributed by atoms with Gasteiger partial charge in [-0.15, -0.1) is 0 Å². The van der Waals surface area contributed by atoms with Gasteiger partial charge in [-0.3, -0.25) is 4.98 Å². The summed E-state index contributed by atoms with van der Waals surface area (Å²) in [7, 11) is 0. The minimum absolute atomic E-state index is 0.272. The van der Waals surface area contributed by atoms with Crippen LogP contribution in [0.15, 0.2) is 83.4 Å². The van der Waals surface area contributed by atoms with Crippen molar-refractivity contribution in [2.45, 2.75) is 46.4 Å². The molecule has 2 aromatic carbocycles. The third-order valence-corrected chi connectivity index (χ3v) is 6.06. The number of pyridine rings is 2. The maximum Gasteiger partial charge on any atom is 0.227 e. The van der Waals surface area contributed by atoms with Gasteiger partial charge in [0.15, 0.2) is 0 Å². The van der Waals surface area contributed by atoms with E-state index in [2.05, 4.69) is 43.1 Å². The van der Waals surface area contributed by atoms with Crippen LogP contribution in [0.4, 0.5) is 0 Å². The molecule has 33 heavy (non-hydrogen) atoms. The van der Waals surface area contributed by atoms with Crippen LogP contribution in [0.1, 0.15) is 54.2 Å². The number of fused-ring (bicyclic) bond motifs is 3. The van der Waals surface area contributed by atoms with Crippen molar-refractivity contribution < 1.29 is 7.16 Å². The van der Waals surface area contributed by atoms with Gasteiger partial charge in [0.25, 0.3) is 0 Å². The van der Waals surface area contributed by atoms with Gasteiger partial charge in [0, 0.05) is 30.7 Å². The van der Waals surface area contributed by atoms with E-state index in [1.165, 1.54) is 5.56 Å². The molecule has 0 radical (unpaired) electrons. The van der Waals surface area contributed by atoms with Crippen LogP contribution >= 0.6 is 0 Å². The van der Waals surface area contributed by atoms with Crippen LogP contribution in [-0.4, -0.2) is 9.97 Å². The van der Waals surface area contributed by atoms with Crippen LogP contribution in [0, 0.1) is 5.41 Å². The van der Waals surface area contributed by atoms with Gasteiger partial charge in [-0.25, -0.2) is 4.98 Å². The fourth-order valence-corrected chi connectivity index (χ4v) is 4.32. The van der Waals surface area contributed by atoms with Crippen molar-refractivity contribution in [2.24, 2.45) is 5.41 Å². The quantitative estimate of drug-likeness (QED) is 0.287. The third kappa shape index (κ3) is 4.04. The molecule has 3 nitrogen and oxygen atoms in total. The van der Waals surface area contributed by atoms with Gasteiger partial charge >= 0.3 is 0 Å². The van der Waals surface area contributed by atoms with Crippen molar-refractivity contribution in [1.82, 2.24) is 9.97 Å². The molecule has 0 aliphatic heterocycles. The molecule has 166 valence electrons. The molecule has 3 heteroatoms. The lowest BCUT2D eigenvalue weighted by atomic mass is 9.81. The van der Waals surface area contributed by atoms with Gasteiger partial charge in [-0.05, 0) is 53.2 Å². The Bertz CT molecular complexity index is 1530. The number of para-hydroxylation sites is 1. The number of aromatic nitrogens is 2. The van der Waals surface area contributed by atoms with Crippen LogP contribution in [0.5, 0.6) is 0 Å². The molecule has 0 aliphatic carbocycles. The zero-order valence-corrected chi connectivity index (χ0v) is 19.8. The zero-order valence-electron chi connectivity index (χ0n) is 21.8. The lowest BCUT2D eigenvalue weighted by Crippen LogP contribution is -2.20. The number of benzene rings is 2. The molecule has 5 aromatic rings. The molecular formula is C30H30N2O. The molecule has 3 aromatic heterocycles. The largest absolute Gasteiger partial charge is 0.437 e. The highest BCUT2D eigenvalue weighted by Crippen LogP contribution is 2.37. The van der Waals surface area contributed by atoms with Crippen molar-refractivity contribution >= 4 is 22.1 Å². The molecule has 0 saturated carbocycles. The SMILES string of the molecule is [2H]C([2H])(c1ccnc(-c2cccc3c2oc2nc(C(C)(C)c4ccccc4)ccc23)c1)C(C)(C)C. The summed E-state index contributed by atoms with van der Waals surface area (Å²) in [6.07, 6.45) is 0.167. The molecule has 0 aliphatic rings. The van der Waals surface area contributed by atoms with Gasteiger partial charge in [-0.2, -0.15) is 0 Å². The number of nitrogens with zero attached hydrogens (tertiary/aromatic N) is 2. The molecule has 0 saturated heterocycles. The Balaban J connectivity index is 1.65. The van der Waals surface area contributed by atoms with E-state index >= 15 is 0 Å². The Labute approximate surface area is 198 Å². The predicted octanol–water partition coefficient (Wildman–Crippen LogP) is 7.96. The summed E-state index contributed by atoms with van der Waals surface area (Å²) < 4.78 is 23.7. The highest BCUT2D eigenvalue weighted by Gasteiger charge is 2.26. The average molecular weight is 437 g/mol. The maximum atomic E-state index is 8.69. The summed E-state index contributed by atoms with van der Waals surface area (Å²) >= 11 is 0. The fraction of sp³-hybridized carbons (Fsp3) is 0.267. The van der Waals surface area contributed by atoms with E-state index in [4.69, 9.17) is 12.1 Å². The van der Waals surface area contributed by atoms with E-state index in [1.807, 2.05) is 63.2 Å². The number of hydrogen-bond acceptors (Lipinski definition) is 3. The van der Waals surface area contributed by atoms with E-state index in [-0.39, 0.29) is 5.41 Å². The van der Waals surface area contributed by atoms with Crippen molar-refractivity contribution in [3.05, 3.63) is 95.8 Å². The molecule has 5 rings (SSSR count). The van der Waals surface area contributed by atoms with E-state index < -0.39 is 11.8 Å². The van der Waals surface area contributed by atoms with Crippen molar-refractivity contribution in [3.8, 4) is 11.3 Å². The van der Waals surface area contributed by atoms with Crippen LogP contribution in [0.3, 0.4) is 0 Å². The Morgan fingerprint density at radius 3 is 2.39 bits per heavy atom. The summed E-state index contributed by atoms with van der Waals surface area (Å²) in [6, 6.07) is 24.1. The zero-order chi connectivity index (χ0) is 25.0. The average Bonchev–Trinajstić information content (AvgIpc) is 3.22. The topological polar surface area (TPSA) is 38.9 Å². The van der Waals surface area contributed by atoms with Gasteiger partial charge in [0.1, 0.15) is 5.58 Å². The lowest BCUT2D eigenvalue weighted by Gasteiger charge is -2.24. The highest BCUT2D eigenvalue weighted by atomic mass is 16.3. The molecule has 0 fully saturated rings. The van der Waals surface area contributed by atoms with Gasteiger partial charge in [0.05, 0.1) is 11.4 Å². The Kier molecular flexibility index (Phi) is 4.53. The van der Waals surface area contributed by atoms with Crippen molar-refractivity contribution in [1.29, 1.82) is 0 Å². The first-order valence-corrected chi connectivity index (χ1v) is 11.4. The molecule has 0 atom stereocenters. The standard InChI is InChI=1S/C30H30N2O/c1-29(2,3)19-20-16-17-31-25(18-20)24-13-9-12-22-23-14-15-26(32-28(23)33-27(22)24)30(4,5)21-10-7-6-8-11-21/h6-18H,19H2,1-5H3/i19D2. The minimum Gasteiger partial charge on any atom is -0.437 e. The van der Waals surface area contributed by atoms with Gasteiger partial charge in [0.2, 0.25) is 5.71 Å². The maximum absolute atomic E-state index is 8.69. The van der Waals surface area contributed by atoms with E-state index in [1.54, 1.807) is 12.3 Å². The monoisotopic (exact) mass is 436 g/mol. The summed E-state index contributed by atoms with van der Waals surface area (Å²) in [5.74, 6) is 0. The fourth-order valence-electron chi connectivity index (χ4n) is 4.32. The second-order valence-electron chi connectivity index (χ2n) is 10.1. The summed E-state index contributed by atoms with van der Waals surface area (Å²) in [4.78, 5) is 9.51.